The molecule has 0 bridgehead atoms. The van der Waals surface area contributed by atoms with Crippen LogP contribution in [0.4, 0.5) is 5.69 Å². The van der Waals surface area contributed by atoms with Crippen LogP contribution in [0.15, 0.2) is 79.3 Å². The topological polar surface area (TPSA) is 160 Å². The maximum atomic E-state index is 14.6. The second kappa shape index (κ2) is 15.7. The smallest absolute Gasteiger partial charge is 0.326 e. The van der Waals surface area contributed by atoms with Crippen molar-refractivity contribution in [3.63, 3.8) is 0 Å². The number of ether oxygens (including phenoxy) is 3. The van der Waals surface area contributed by atoms with Gasteiger partial charge >= 0.3 is 11.9 Å². The third kappa shape index (κ3) is 10.2. The molecule has 0 unspecified atom stereocenters. The van der Waals surface area contributed by atoms with Crippen LogP contribution in [0.2, 0.25) is 0 Å². The van der Waals surface area contributed by atoms with Crippen molar-refractivity contribution < 1.29 is 28.4 Å². The standard InChI is InChI=1S/C34H45N6O6P/c1-25(22-40-23-37-29-28(35)16-19-36-30(29)40)46-24-47(43,38-33(2,3)31(41)44-20-17-26-12-8-6-9-13-26)39-34(4,5)32(42)45-21-18-27-14-10-7-11-15-27/h6-16,19,23,25H,17-18,20-22,24H2,1-5H3,(H2,35,36)(H2,38,39,43)/t25-/m1/s1. The number of imidazole rings is 1. The Hall–Kier alpha value is -4.09. The quantitative estimate of drug-likeness (QED) is 0.104. The Kier molecular flexibility index (Phi) is 11.9. The van der Waals surface area contributed by atoms with Crippen molar-refractivity contribution >= 4 is 36.2 Å². The lowest BCUT2D eigenvalue weighted by molar-refractivity contribution is -0.149. The predicted octanol–water partition coefficient (Wildman–Crippen LogP) is 4.88. The molecule has 2 aromatic heterocycles. The molecule has 4 rings (SSSR count). The molecule has 2 aromatic carbocycles. The number of hydrogen-bond acceptors (Lipinski definition) is 9. The van der Waals surface area contributed by atoms with Gasteiger partial charge in [0.2, 0.25) is 7.44 Å². The van der Waals surface area contributed by atoms with E-state index < -0.39 is 36.6 Å². The van der Waals surface area contributed by atoms with Crippen LogP contribution in [-0.2, 0) is 47.8 Å². The van der Waals surface area contributed by atoms with E-state index in [-0.39, 0.29) is 19.6 Å². The maximum absolute atomic E-state index is 14.6. The van der Waals surface area contributed by atoms with Gasteiger partial charge in [0.05, 0.1) is 37.9 Å². The minimum Gasteiger partial charge on any atom is -0.464 e. The number of rotatable bonds is 17. The molecule has 252 valence electrons. The highest BCUT2D eigenvalue weighted by Gasteiger charge is 2.43. The molecular formula is C34H45N6O6P. The second-order valence-corrected chi connectivity index (χ2v) is 14.7. The summed E-state index contributed by atoms with van der Waals surface area (Å²) in [6.07, 6.45) is 3.47. The zero-order valence-electron chi connectivity index (χ0n) is 27.6. The van der Waals surface area contributed by atoms with Gasteiger partial charge in [-0.05, 0) is 51.8 Å². The van der Waals surface area contributed by atoms with Crippen molar-refractivity contribution in [2.24, 2.45) is 0 Å². The molecule has 0 radical (unpaired) electrons. The van der Waals surface area contributed by atoms with E-state index in [1.807, 2.05) is 67.6 Å². The number of aromatic nitrogens is 3. The molecule has 0 aliphatic heterocycles. The third-order valence-electron chi connectivity index (χ3n) is 7.40. The molecule has 4 N–H and O–H groups in total. The van der Waals surface area contributed by atoms with Crippen LogP contribution in [0.3, 0.4) is 0 Å². The summed E-state index contributed by atoms with van der Waals surface area (Å²) in [5.41, 5.74) is 6.96. The third-order valence-corrected chi connectivity index (χ3v) is 9.76. The van der Waals surface area contributed by atoms with Gasteiger partial charge in [0.25, 0.3) is 0 Å². The minimum absolute atomic E-state index is 0.149. The number of carbonyl (C=O) groups is 2. The fraction of sp³-hybridized carbons (Fsp3) is 0.412. The van der Waals surface area contributed by atoms with Gasteiger partial charge in [-0.25, -0.2) is 20.1 Å². The molecular weight excluding hydrogens is 619 g/mol. The molecule has 0 saturated heterocycles. The molecule has 13 heteroatoms. The summed E-state index contributed by atoms with van der Waals surface area (Å²) in [5, 5.41) is 5.90. The molecule has 12 nitrogen and oxygen atoms in total. The minimum atomic E-state index is -3.83. The van der Waals surface area contributed by atoms with E-state index >= 15 is 0 Å². The van der Waals surface area contributed by atoms with Crippen LogP contribution in [0, 0.1) is 0 Å². The van der Waals surface area contributed by atoms with E-state index in [0.29, 0.717) is 36.2 Å². The molecule has 0 fully saturated rings. The van der Waals surface area contributed by atoms with E-state index in [0.717, 1.165) is 11.1 Å². The Labute approximate surface area is 275 Å². The SMILES string of the molecule is C[C@H](Cn1cnc2c(N)ccnc21)OCP(=O)(NC(C)(C)C(=O)OCCc1ccccc1)NC(C)(C)C(=O)OCCc1ccccc1. The van der Waals surface area contributed by atoms with Gasteiger partial charge in [0.15, 0.2) is 5.65 Å². The van der Waals surface area contributed by atoms with Crippen LogP contribution in [0.5, 0.6) is 0 Å². The van der Waals surface area contributed by atoms with Gasteiger partial charge in [-0.15, -0.1) is 0 Å². The highest BCUT2D eigenvalue weighted by molar-refractivity contribution is 7.59. The van der Waals surface area contributed by atoms with Crippen molar-refractivity contribution in [2.45, 2.75) is 71.2 Å². The van der Waals surface area contributed by atoms with Gasteiger partial charge in [-0.2, -0.15) is 0 Å². The second-order valence-electron chi connectivity index (χ2n) is 12.5. The van der Waals surface area contributed by atoms with Gasteiger partial charge in [-0.1, -0.05) is 60.7 Å². The lowest BCUT2D eigenvalue weighted by Crippen LogP contribution is -2.54. The van der Waals surface area contributed by atoms with Gasteiger partial charge in [0.1, 0.15) is 22.9 Å². The van der Waals surface area contributed by atoms with Crippen molar-refractivity contribution in [3.8, 4) is 0 Å². The lowest BCUT2D eigenvalue weighted by atomic mass is 10.1. The van der Waals surface area contributed by atoms with Gasteiger partial charge < -0.3 is 24.5 Å². The zero-order chi connectivity index (χ0) is 34.1. The number of nitrogen functional groups attached to an aromatic ring is 1. The molecule has 0 aliphatic rings. The Morgan fingerprint density at radius 3 is 1.87 bits per heavy atom. The number of hydrogen-bond donors (Lipinski definition) is 3. The number of nitrogens with one attached hydrogen (secondary N) is 2. The number of nitrogens with zero attached hydrogens (tertiary/aromatic N) is 3. The lowest BCUT2D eigenvalue weighted by Gasteiger charge is -2.35. The molecule has 4 aromatic rings. The first-order valence-electron chi connectivity index (χ1n) is 15.6. The summed E-state index contributed by atoms with van der Waals surface area (Å²) in [6, 6.07) is 21.0. The van der Waals surface area contributed by atoms with E-state index in [1.165, 1.54) is 0 Å². The molecule has 0 aliphatic carbocycles. The highest BCUT2D eigenvalue weighted by Crippen LogP contribution is 2.42. The Balaban J connectivity index is 1.44. The van der Waals surface area contributed by atoms with E-state index in [2.05, 4.69) is 20.1 Å². The largest absolute Gasteiger partial charge is 0.464 e. The summed E-state index contributed by atoms with van der Waals surface area (Å²) in [4.78, 5) is 35.1. The normalized spacial score (nSPS) is 13.0. The average Bonchev–Trinajstić information content (AvgIpc) is 3.44. The summed E-state index contributed by atoms with van der Waals surface area (Å²) in [6.45, 7) is 8.76. The van der Waals surface area contributed by atoms with Gasteiger partial charge in [0, 0.05) is 19.0 Å². The van der Waals surface area contributed by atoms with Crippen LogP contribution < -0.4 is 15.9 Å². The maximum Gasteiger partial charge on any atom is 0.326 e. The van der Waals surface area contributed by atoms with E-state index in [4.69, 9.17) is 19.9 Å². The Morgan fingerprint density at radius 1 is 0.851 bits per heavy atom. The Bertz CT molecular complexity index is 1600. The number of esters is 2. The van der Waals surface area contributed by atoms with Crippen molar-refractivity contribution in [2.75, 3.05) is 25.3 Å². The number of anilines is 1. The number of fused-ring (bicyclic) bond motifs is 1. The predicted molar refractivity (Wildman–Crippen MR) is 182 cm³/mol. The fourth-order valence-electron chi connectivity index (χ4n) is 4.94. The summed E-state index contributed by atoms with van der Waals surface area (Å²) < 4.78 is 33.6. The van der Waals surface area contributed by atoms with Crippen LogP contribution >= 0.6 is 7.44 Å². The molecule has 0 amide bonds. The molecule has 47 heavy (non-hydrogen) atoms. The van der Waals surface area contributed by atoms with Crippen molar-refractivity contribution in [3.05, 3.63) is 90.4 Å². The molecule has 0 spiro atoms. The van der Waals surface area contributed by atoms with E-state index in [1.54, 1.807) is 50.9 Å². The van der Waals surface area contributed by atoms with E-state index in [9.17, 15) is 14.2 Å². The summed E-state index contributed by atoms with van der Waals surface area (Å²) >= 11 is 0. The Morgan fingerprint density at radius 2 is 1.36 bits per heavy atom. The van der Waals surface area contributed by atoms with Crippen LogP contribution in [-0.4, -0.2) is 63.2 Å². The van der Waals surface area contributed by atoms with Crippen LogP contribution in [0.25, 0.3) is 11.2 Å². The average molecular weight is 665 g/mol. The first kappa shape index (κ1) is 35.8. The molecule has 1 atom stereocenters. The summed E-state index contributed by atoms with van der Waals surface area (Å²) in [7, 11) is -3.83. The number of carbonyl (C=O) groups excluding carboxylic acids is 2. The first-order chi connectivity index (χ1) is 22.3. The molecule has 0 saturated carbocycles. The van der Waals surface area contributed by atoms with Crippen molar-refractivity contribution in [1.82, 2.24) is 24.7 Å². The van der Waals surface area contributed by atoms with Crippen molar-refractivity contribution in [1.29, 1.82) is 0 Å². The fourth-order valence-corrected chi connectivity index (χ4v) is 7.58. The highest BCUT2D eigenvalue weighted by atomic mass is 31.2. The van der Waals surface area contributed by atoms with Crippen LogP contribution in [0.1, 0.15) is 45.7 Å². The summed E-state index contributed by atoms with van der Waals surface area (Å²) in [5.74, 6) is -1.19. The number of pyridine rings is 1. The monoisotopic (exact) mass is 664 g/mol. The zero-order valence-corrected chi connectivity index (χ0v) is 28.5. The number of benzene rings is 2. The first-order valence-corrected chi connectivity index (χ1v) is 17.4. The number of nitrogens with two attached hydrogens (primary N) is 1. The van der Waals surface area contributed by atoms with Gasteiger partial charge in [-0.3, -0.25) is 14.2 Å². The molecule has 2 heterocycles.